The molecular formula is C22H21N3O3. The average Bonchev–Trinajstić information content (AvgIpc) is 2.74. The minimum atomic E-state index is -0.410. The van der Waals surface area contributed by atoms with Crippen LogP contribution >= 0.6 is 0 Å². The highest BCUT2D eigenvalue weighted by Crippen LogP contribution is 2.17. The Morgan fingerprint density at radius 2 is 1.89 bits per heavy atom. The van der Waals surface area contributed by atoms with Crippen LogP contribution in [0.5, 0.6) is 5.75 Å². The van der Waals surface area contributed by atoms with Crippen molar-refractivity contribution in [3.63, 3.8) is 0 Å². The van der Waals surface area contributed by atoms with Crippen LogP contribution in [0.25, 0.3) is 6.08 Å². The molecule has 0 aliphatic carbocycles. The number of benzene rings is 2. The van der Waals surface area contributed by atoms with Gasteiger partial charge in [0.2, 0.25) is 0 Å². The summed E-state index contributed by atoms with van der Waals surface area (Å²) < 4.78 is 10.6. The number of rotatable bonds is 9. The first-order valence-electron chi connectivity index (χ1n) is 8.77. The molecule has 0 atom stereocenters. The lowest BCUT2D eigenvalue weighted by molar-refractivity contribution is -0.117. The quantitative estimate of drug-likeness (QED) is 0.412. The van der Waals surface area contributed by atoms with Gasteiger partial charge in [0.05, 0.1) is 11.6 Å². The number of nitrogens with one attached hydrogen (secondary N) is 1. The Labute approximate surface area is 164 Å². The molecule has 28 heavy (non-hydrogen) atoms. The molecular weight excluding hydrogens is 354 g/mol. The maximum atomic E-state index is 12.0. The van der Waals surface area contributed by atoms with E-state index in [2.05, 4.69) is 11.4 Å². The van der Waals surface area contributed by atoms with Gasteiger partial charge in [0, 0.05) is 25.8 Å². The van der Waals surface area contributed by atoms with Crippen molar-refractivity contribution in [3.05, 3.63) is 70.8 Å². The molecule has 0 spiro atoms. The van der Waals surface area contributed by atoms with Crippen molar-refractivity contribution in [3.8, 4) is 17.9 Å². The zero-order valence-electron chi connectivity index (χ0n) is 15.6. The molecule has 0 aromatic heterocycles. The monoisotopic (exact) mass is 375 g/mol. The molecule has 0 aliphatic heterocycles. The fourth-order valence-electron chi connectivity index (χ4n) is 2.41. The molecule has 0 bridgehead atoms. The number of hydrogen-bond acceptors (Lipinski definition) is 5. The molecule has 2 aromatic rings. The third-order valence-corrected chi connectivity index (χ3v) is 3.90. The second-order valence-corrected chi connectivity index (χ2v) is 5.90. The largest absolute Gasteiger partial charge is 0.489 e. The lowest BCUT2D eigenvalue weighted by Crippen LogP contribution is -2.26. The fraction of sp³-hybridized carbons (Fsp3) is 0.227. The van der Waals surface area contributed by atoms with Crippen molar-refractivity contribution in [1.82, 2.24) is 5.32 Å². The van der Waals surface area contributed by atoms with Crippen LogP contribution in [0.1, 0.15) is 23.1 Å². The topological polar surface area (TPSA) is 95.1 Å². The Balaban J connectivity index is 1.97. The van der Waals surface area contributed by atoms with E-state index in [9.17, 15) is 10.1 Å². The van der Waals surface area contributed by atoms with Gasteiger partial charge in [0.25, 0.3) is 5.91 Å². The number of methoxy groups -OCH3 is 1. The van der Waals surface area contributed by atoms with Gasteiger partial charge >= 0.3 is 0 Å². The van der Waals surface area contributed by atoms with Crippen molar-refractivity contribution in [2.24, 2.45) is 0 Å². The van der Waals surface area contributed by atoms with Crippen LogP contribution in [0.2, 0.25) is 0 Å². The summed E-state index contributed by atoms with van der Waals surface area (Å²) in [7, 11) is 1.60. The summed E-state index contributed by atoms with van der Waals surface area (Å²) in [6.45, 7) is 1.28. The zero-order valence-corrected chi connectivity index (χ0v) is 15.6. The number of nitrogens with zero attached hydrogens (tertiary/aromatic N) is 2. The van der Waals surface area contributed by atoms with Crippen LogP contribution < -0.4 is 10.1 Å². The SMILES string of the molecule is COCCCNC(=O)/C(C#N)=C/c1ccc(OCc2ccccc2C#N)cc1. The molecule has 0 aliphatic rings. The van der Waals surface area contributed by atoms with Gasteiger partial charge in [0.15, 0.2) is 0 Å². The van der Waals surface area contributed by atoms with E-state index in [1.54, 1.807) is 37.4 Å². The van der Waals surface area contributed by atoms with E-state index < -0.39 is 5.91 Å². The molecule has 0 saturated heterocycles. The molecule has 0 unspecified atom stereocenters. The predicted octanol–water partition coefficient (Wildman–Crippen LogP) is 3.20. The number of carbonyl (C=O) groups excluding carboxylic acids is 1. The normalized spacial score (nSPS) is 10.6. The van der Waals surface area contributed by atoms with Crippen LogP contribution in [0.4, 0.5) is 0 Å². The fourth-order valence-corrected chi connectivity index (χ4v) is 2.41. The summed E-state index contributed by atoms with van der Waals surface area (Å²) in [5.41, 5.74) is 2.14. The van der Waals surface area contributed by atoms with Crippen LogP contribution in [-0.2, 0) is 16.1 Å². The molecule has 0 saturated carbocycles. The third kappa shape index (κ3) is 6.28. The first kappa shape index (κ1) is 20.7. The third-order valence-electron chi connectivity index (χ3n) is 3.90. The molecule has 2 aromatic carbocycles. The van der Waals surface area contributed by atoms with Gasteiger partial charge in [-0.15, -0.1) is 0 Å². The minimum Gasteiger partial charge on any atom is -0.489 e. The van der Waals surface area contributed by atoms with Gasteiger partial charge in [-0.05, 0) is 36.3 Å². The van der Waals surface area contributed by atoms with Crippen LogP contribution in [-0.4, -0.2) is 26.2 Å². The average molecular weight is 375 g/mol. The van der Waals surface area contributed by atoms with Crippen molar-refractivity contribution >= 4 is 12.0 Å². The highest BCUT2D eigenvalue weighted by atomic mass is 16.5. The Hall–Kier alpha value is -3.61. The maximum absolute atomic E-state index is 12.0. The smallest absolute Gasteiger partial charge is 0.261 e. The molecule has 6 heteroatoms. The van der Waals surface area contributed by atoms with Crippen molar-refractivity contribution in [2.45, 2.75) is 13.0 Å². The predicted molar refractivity (Wildman–Crippen MR) is 105 cm³/mol. The van der Waals surface area contributed by atoms with Gasteiger partial charge < -0.3 is 14.8 Å². The molecule has 2 rings (SSSR count). The standard InChI is InChI=1S/C22H21N3O3/c1-27-12-4-11-25-22(26)20(15-24)13-17-7-9-21(10-8-17)28-16-19-6-3-2-5-18(19)14-23/h2-3,5-10,13H,4,11-12,16H2,1H3,(H,25,26)/b20-13+. The van der Waals surface area contributed by atoms with Crippen LogP contribution in [0.15, 0.2) is 54.1 Å². The number of hydrogen-bond donors (Lipinski definition) is 1. The lowest BCUT2D eigenvalue weighted by Gasteiger charge is -2.08. The second kappa shape index (κ2) is 11.2. The first-order chi connectivity index (χ1) is 13.7. The number of amides is 1. The Morgan fingerprint density at radius 3 is 2.57 bits per heavy atom. The maximum Gasteiger partial charge on any atom is 0.261 e. The highest BCUT2D eigenvalue weighted by molar-refractivity contribution is 6.01. The van der Waals surface area contributed by atoms with E-state index in [1.807, 2.05) is 24.3 Å². The Morgan fingerprint density at radius 1 is 1.14 bits per heavy atom. The highest BCUT2D eigenvalue weighted by Gasteiger charge is 2.08. The lowest BCUT2D eigenvalue weighted by atomic mass is 10.1. The van der Waals surface area contributed by atoms with E-state index >= 15 is 0 Å². The molecule has 1 amide bonds. The zero-order chi connectivity index (χ0) is 20.2. The summed E-state index contributed by atoms with van der Waals surface area (Å²) in [6.07, 6.45) is 2.21. The van der Waals surface area contributed by atoms with Gasteiger partial charge in [-0.2, -0.15) is 10.5 Å². The Bertz CT molecular complexity index is 906. The molecule has 0 fully saturated rings. The molecule has 142 valence electrons. The number of nitriles is 2. The van der Waals surface area contributed by atoms with Crippen LogP contribution in [0.3, 0.4) is 0 Å². The Kier molecular flexibility index (Phi) is 8.26. The molecule has 6 nitrogen and oxygen atoms in total. The van der Waals surface area contributed by atoms with Crippen molar-refractivity contribution in [1.29, 1.82) is 10.5 Å². The van der Waals surface area contributed by atoms with Crippen molar-refractivity contribution < 1.29 is 14.3 Å². The molecule has 1 N–H and O–H groups in total. The second-order valence-electron chi connectivity index (χ2n) is 5.90. The molecule has 0 heterocycles. The van der Waals surface area contributed by atoms with Crippen LogP contribution in [0, 0.1) is 22.7 Å². The van der Waals surface area contributed by atoms with E-state index in [4.69, 9.17) is 14.7 Å². The number of carbonyl (C=O) groups is 1. The van der Waals surface area contributed by atoms with E-state index in [0.717, 1.165) is 5.56 Å². The van der Waals surface area contributed by atoms with Gasteiger partial charge in [0.1, 0.15) is 24.0 Å². The molecule has 0 radical (unpaired) electrons. The minimum absolute atomic E-state index is 0.0361. The number of ether oxygens (including phenoxy) is 2. The van der Waals surface area contributed by atoms with Gasteiger partial charge in [-0.1, -0.05) is 30.3 Å². The van der Waals surface area contributed by atoms with E-state index in [1.165, 1.54) is 6.08 Å². The summed E-state index contributed by atoms with van der Waals surface area (Å²) in [5, 5.41) is 21.0. The van der Waals surface area contributed by atoms with E-state index in [0.29, 0.717) is 36.4 Å². The first-order valence-corrected chi connectivity index (χ1v) is 8.77. The summed E-state index contributed by atoms with van der Waals surface area (Å²) >= 11 is 0. The van der Waals surface area contributed by atoms with Gasteiger partial charge in [-0.3, -0.25) is 4.79 Å². The van der Waals surface area contributed by atoms with Gasteiger partial charge in [-0.25, -0.2) is 0 Å². The summed E-state index contributed by atoms with van der Waals surface area (Å²) in [5.74, 6) is 0.222. The van der Waals surface area contributed by atoms with E-state index in [-0.39, 0.29) is 12.2 Å². The summed E-state index contributed by atoms with van der Waals surface area (Å²) in [6, 6.07) is 18.4. The van der Waals surface area contributed by atoms with Crippen molar-refractivity contribution in [2.75, 3.05) is 20.3 Å². The summed E-state index contributed by atoms with van der Waals surface area (Å²) in [4.78, 5) is 12.0.